The Morgan fingerprint density at radius 3 is 2.48 bits per heavy atom. The third kappa shape index (κ3) is 4.44. The fourth-order valence-electron chi connectivity index (χ4n) is 3.56. The fraction of sp³-hybridized carbons (Fsp3) is 0.0769. The normalized spacial score (nSPS) is 10.7. The average Bonchev–Trinajstić information content (AvgIpc) is 2.74. The van der Waals surface area contributed by atoms with Crippen LogP contribution in [-0.2, 0) is 0 Å². The van der Waals surface area contributed by atoms with Crippen molar-refractivity contribution < 1.29 is 4.79 Å². The van der Waals surface area contributed by atoms with Crippen molar-refractivity contribution in [3.63, 3.8) is 0 Å². The molecule has 0 saturated carbocycles. The summed E-state index contributed by atoms with van der Waals surface area (Å²) in [5.41, 5.74) is 5.42. The summed E-state index contributed by atoms with van der Waals surface area (Å²) in [4.78, 5) is 17.5. The minimum absolute atomic E-state index is 0.182. The Balaban J connectivity index is 1.65. The van der Waals surface area contributed by atoms with Crippen molar-refractivity contribution in [2.75, 3.05) is 10.6 Å². The van der Waals surface area contributed by atoms with E-state index in [1.807, 2.05) is 62.4 Å². The summed E-state index contributed by atoms with van der Waals surface area (Å²) in [5.74, 6) is -0.182. The maximum Gasteiger partial charge on any atom is 0.255 e. The molecule has 1 aromatic heterocycles. The van der Waals surface area contributed by atoms with Gasteiger partial charge >= 0.3 is 0 Å². The number of aromatic nitrogens is 1. The first-order chi connectivity index (χ1) is 14.9. The van der Waals surface area contributed by atoms with Gasteiger partial charge in [0.25, 0.3) is 5.91 Å². The molecule has 0 aliphatic heterocycles. The standard InChI is InChI=1S/C26H22ClN3O/c1-16(2)29-19-8-10-21(17(3)14-19)26(31)30-20-9-11-24(27)23(15-20)25-22-7-5-4-6-18(22)12-13-28-25/h4-15,29H,1H2,2-3H3,(H,30,31). The fourth-order valence-corrected chi connectivity index (χ4v) is 3.77. The van der Waals surface area contributed by atoms with E-state index in [-0.39, 0.29) is 5.91 Å². The SMILES string of the molecule is C=C(C)Nc1ccc(C(=O)Nc2ccc(Cl)c(-c3nccc4ccccc34)c2)c(C)c1. The van der Waals surface area contributed by atoms with Crippen molar-refractivity contribution in [2.24, 2.45) is 0 Å². The number of benzene rings is 3. The maximum absolute atomic E-state index is 12.9. The Morgan fingerprint density at radius 2 is 1.71 bits per heavy atom. The highest BCUT2D eigenvalue weighted by Crippen LogP contribution is 2.34. The van der Waals surface area contributed by atoms with Crippen LogP contribution >= 0.6 is 11.6 Å². The van der Waals surface area contributed by atoms with Gasteiger partial charge in [-0.2, -0.15) is 0 Å². The average molecular weight is 428 g/mol. The molecule has 4 rings (SSSR count). The van der Waals surface area contributed by atoms with Gasteiger partial charge < -0.3 is 10.6 Å². The van der Waals surface area contributed by atoms with Crippen LogP contribution in [0.1, 0.15) is 22.8 Å². The van der Waals surface area contributed by atoms with E-state index < -0.39 is 0 Å². The number of aryl methyl sites for hydroxylation is 1. The number of halogens is 1. The molecule has 0 atom stereocenters. The number of carbonyl (C=O) groups is 1. The number of rotatable bonds is 5. The Kier molecular flexibility index (Phi) is 5.74. The summed E-state index contributed by atoms with van der Waals surface area (Å²) in [5, 5.41) is 8.81. The minimum atomic E-state index is -0.182. The number of pyridine rings is 1. The van der Waals surface area contributed by atoms with E-state index in [1.165, 1.54) is 0 Å². The lowest BCUT2D eigenvalue weighted by Gasteiger charge is -2.13. The van der Waals surface area contributed by atoms with E-state index in [0.717, 1.165) is 39.0 Å². The smallest absolute Gasteiger partial charge is 0.255 e. The number of fused-ring (bicyclic) bond motifs is 1. The summed E-state index contributed by atoms with van der Waals surface area (Å²) in [7, 11) is 0. The van der Waals surface area contributed by atoms with Gasteiger partial charge in [0.1, 0.15) is 0 Å². The second-order valence-corrected chi connectivity index (χ2v) is 7.87. The molecule has 0 spiro atoms. The lowest BCUT2D eigenvalue weighted by Crippen LogP contribution is -2.13. The number of allylic oxidation sites excluding steroid dienone is 1. The number of amides is 1. The van der Waals surface area contributed by atoms with E-state index in [0.29, 0.717) is 16.3 Å². The van der Waals surface area contributed by atoms with Crippen LogP contribution in [0.5, 0.6) is 0 Å². The van der Waals surface area contributed by atoms with Gasteiger partial charge in [0.15, 0.2) is 0 Å². The maximum atomic E-state index is 12.9. The van der Waals surface area contributed by atoms with Crippen LogP contribution < -0.4 is 10.6 Å². The van der Waals surface area contributed by atoms with Gasteiger partial charge in [0, 0.05) is 39.8 Å². The van der Waals surface area contributed by atoms with Crippen LogP contribution in [0.4, 0.5) is 11.4 Å². The quantitative estimate of drug-likeness (QED) is 0.358. The molecule has 4 aromatic rings. The van der Waals surface area contributed by atoms with E-state index in [2.05, 4.69) is 22.2 Å². The second-order valence-electron chi connectivity index (χ2n) is 7.46. The van der Waals surface area contributed by atoms with Crippen molar-refractivity contribution in [3.8, 4) is 11.3 Å². The summed E-state index contributed by atoms with van der Waals surface area (Å²) in [6.45, 7) is 7.64. The molecule has 5 heteroatoms. The third-order valence-electron chi connectivity index (χ3n) is 4.98. The molecule has 3 aromatic carbocycles. The molecule has 2 N–H and O–H groups in total. The van der Waals surface area contributed by atoms with Crippen molar-refractivity contribution in [1.29, 1.82) is 0 Å². The van der Waals surface area contributed by atoms with Gasteiger partial charge in [-0.15, -0.1) is 0 Å². The van der Waals surface area contributed by atoms with Crippen LogP contribution in [0.15, 0.2) is 85.2 Å². The largest absolute Gasteiger partial charge is 0.360 e. The molecule has 0 saturated heterocycles. The van der Waals surface area contributed by atoms with E-state index >= 15 is 0 Å². The molecule has 0 fully saturated rings. The molecule has 1 heterocycles. The molecular formula is C26H22ClN3O. The molecule has 0 aliphatic carbocycles. The number of nitrogens with one attached hydrogen (secondary N) is 2. The number of nitrogens with zero attached hydrogens (tertiary/aromatic N) is 1. The topological polar surface area (TPSA) is 54.0 Å². The minimum Gasteiger partial charge on any atom is -0.360 e. The van der Waals surface area contributed by atoms with Gasteiger partial charge in [-0.3, -0.25) is 9.78 Å². The summed E-state index contributed by atoms with van der Waals surface area (Å²) in [6, 6.07) is 21.0. The zero-order valence-corrected chi connectivity index (χ0v) is 18.1. The Morgan fingerprint density at radius 1 is 0.968 bits per heavy atom. The first kappa shape index (κ1) is 20.6. The Labute approximate surface area is 186 Å². The Bertz CT molecular complexity index is 1310. The first-order valence-electron chi connectivity index (χ1n) is 9.90. The van der Waals surface area contributed by atoms with E-state index in [1.54, 1.807) is 24.4 Å². The monoisotopic (exact) mass is 427 g/mol. The van der Waals surface area contributed by atoms with Crippen LogP contribution in [0, 0.1) is 6.92 Å². The molecule has 0 bridgehead atoms. The van der Waals surface area contributed by atoms with Gasteiger partial charge in [-0.25, -0.2) is 0 Å². The molecule has 154 valence electrons. The highest BCUT2D eigenvalue weighted by atomic mass is 35.5. The summed E-state index contributed by atoms with van der Waals surface area (Å²) < 4.78 is 0. The van der Waals surface area contributed by atoms with Crippen molar-refractivity contribution in [2.45, 2.75) is 13.8 Å². The lowest BCUT2D eigenvalue weighted by atomic mass is 10.0. The summed E-state index contributed by atoms with van der Waals surface area (Å²) >= 11 is 6.50. The molecule has 4 nitrogen and oxygen atoms in total. The van der Waals surface area contributed by atoms with Crippen LogP contribution in [0.25, 0.3) is 22.0 Å². The third-order valence-corrected chi connectivity index (χ3v) is 5.31. The number of anilines is 2. The zero-order chi connectivity index (χ0) is 22.0. The molecule has 1 amide bonds. The predicted molar refractivity (Wildman–Crippen MR) is 130 cm³/mol. The van der Waals surface area contributed by atoms with Crippen molar-refractivity contribution in [3.05, 3.63) is 101 Å². The van der Waals surface area contributed by atoms with Gasteiger partial charge in [0.05, 0.1) is 10.7 Å². The van der Waals surface area contributed by atoms with Crippen molar-refractivity contribution in [1.82, 2.24) is 4.98 Å². The molecular weight excluding hydrogens is 406 g/mol. The van der Waals surface area contributed by atoms with Crippen LogP contribution in [-0.4, -0.2) is 10.9 Å². The van der Waals surface area contributed by atoms with E-state index in [9.17, 15) is 4.79 Å². The van der Waals surface area contributed by atoms with Gasteiger partial charge in [0.2, 0.25) is 0 Å². The second kappa shape index (κ2) is 8.62. The highest BCUT2D eigenvalue weighted by Gasteiger charge is 2.14. The lowest BCUT2D eigenvalue weighted by molar-refractivity contribution is 0.102. The van der Waals surface area contributed by atoms with Gasteiger partial charge in [-0.05, 0) is 67.3 Å². The van der Waals surface area contributed by atoms with Gasteiger partial charge in [-0.1, -0.05) is 42.4 Å². The molecule has 0 aliphatic rings. The molecule has 0 radical (unpaired) electrons. The first-order valence-corrected chi connectivity index (χ1v) is 10.3. The van der Waals surface area contributed by atoms with Crippen molar-refractivity contribution >= 4 is 39.7 Å². The Hall–Kier alpha value is -3.63. The number of carbonyl (C=O) groups excluding carboxylic acids is 1. The highest BCUT2D eigenvalue weighted by molar-refractivity contribution is 6.33. The van der Waals surface area contributed by atoms with Crippen LogP contribution in [0.3, 0.4) is 0 Å². The van der Waals surface area contributed by atoms with Crippen LogP contribution in [0.2, 0.25) is 5.02 Å². The number of hydrogen-bond donors (Lipinski definition) is 2. The molecule has 0 unspecified atom stereocenters. The summed E-state index contributed by atoms with van der Waals surface area (Å²) in [6.07, 6.45) is 1.77. The predicted octanol–water partition coefficient (Wildman–Crippen LogP) is 7.06. The van der Waals surface area contributed by atoms with E-state index in [4.69, 9.17) is 11.6 Å². The molecule has 31 heavy (non-hydrogen) atoms. The number of hydrogen-bond acceptors (Lipinski definition) is 3. The zero-order valence-electron chi connectivity index (χ0n) is 17.4.